The predicted molar refractivity (Wildman–Crippen MR) is 52.2 cm³/mol. The van der Waals surface area contributed by atoms with Crippen LogP contribution in [0.15, 0.2) is 43.0 Å². The second kappa shape index (κ2) is 5.51. The Hall–Kier alpha value is -1.12. The molecular formula is C11H14O2. The molecule has 0 aliphatic rings. The topological polar surface area (TPSA) is 18.5 Å². The van der Waals surface area contributed by atoms with E-state index in [-0.39, 0.29) is 6.29 Å². The van der Waals surface area contributed by atoms with E-state index in [1.54, 1.807) is 13.2 Å². The van der Waals surface area contributed by atoms with Crippen molar-refractivity contribution in [2.75, 3.05) is 7.11 Å². The lowest BCUT2D eigenvalue weighted by Gasteiger charge is -2.11. The fourth-order valence-electron chi connectivity index (χ4n) is 0.985. The van der Waals surface area contributed by atoms with Gasteiger partial charge in [-0.3, -0.25) is 0 Å². The second-order valence-electron chi connectivity index (χ2n) is 2.64. The minimum absolute atomic E-state index is 0.319. The zero-order valence-electron chi connectivity index (χ0n) is 7.77. The molecule has 0 radical (unpaired) electrons. The van der Waals surface area contributed by atoms with Crippen LogP contribution in [-0.2, 0) is 16.1 Å². The maximum absolute atomic E-state index is 5.39. The smallest absolute Gasteiger partial charge is 0.176 e. The molecule has 0 aliphatic heterocycles. The van der Waals surface area contributed by atoms with Crippen molar-refractivity contribution in [1.29, 1.82) is 0 Å². The summed E-state index contributed by atoms with van der Waals surface area (Å²) in [7, 11) is 1.59. The first-order chi connectivity index (χ1) is 6.36. The number of hydrogen-bond donors (Lipinski definition) is 0. The Kier molecular flexibility index (Phi) is 4.23. The minimum atomic E-state index is -0.319. The van der Waals surface area contributed by atoms with Gasteiger partial charge < -0.3 is 9.47 Å². The molecule has 0 saturated heterocycles. The van der Waals surface area contributed by atoms with E-state index < -0.39 is 0 Å². The molecule has 1 aromatic rings. The third-order valence-electron chi connectivity index (χ3n) is 1.68. The van der Waals surface area contributed by atoms with Crippen LogP contribution in [0.5, 0.6) is 0 Å². The van der Waals surface area contributed by atoms with Gasteiger partial charge in [0.15, 0.2) is 6.29 Å². The van der Waals surface area contributed by atoms with Crippen LogP contribution >= 0.6 is 0 Å². The van der Waals surface area contributed by atoms with E-state index in [0.717, 1.165) is 5.56 Å². The summed E-state index contributed by atoms with van der Waals surface area (Å²) >= 11 is 0. The summed E-state index contributed by atoms with van der Waals surface area (Å²) in [4.78, 5) is 0. The highest BCUT2D eigenvalue weighted by Crippen LogP contribution is 2.03. The van der Waals surface area contributed by atoms with Gasteiger partial charge in [0.05, 0.1) is 6.61 Å². The summed E-state index contributed by atoms with van der Waals surface area (Å²) in [6.45, 7) is 4.14. The molecule has 0 N–H and O–H groups in total. The Balaban J connectivity index is 2.38. The van der Waals surface area contributed by atoms with Gasteiger partial charge in [-0.2, -0.15) is 0 Å². The molecule has 1 aromatic carbocycles. The Bertz CT molecular complexity index is 244. The van der Waals surface area contributed by atoms with Crippen LogP contribution in [0.4, 0.5) is 0 Å². The normalized spacial score (nSPS) is 12.4. The lowest BCUT2D eigenvalue weighted by molar-refractivity contribution is -0.0984. The van der Waals surface area contributed by atoms with Gasteiger partial charge in [-0.05, 0) is 11.6 Å². The Morgan fingerprint density at radius 2 is 2.08 bits per heavy atom. The Morgan fingerprint density at radius 3 is 2.62 bits per heavy atom. The molecule has 70 valence electrons. The van der Waals surface area contributed by atoms with Gasteiger partial charge >= 0.3 is 0 Å². The number of ether oxygens (including phenoxy) is 2. The van der Waals surface area contributed by atoms with Crippen LogP contribution < -0.4 is 0 Å². The molecule has 0 fully saturated rings. The van der Waals surface area contributed by atoms with Crippen molar-refractivity contribution in [3.63, 3.8) is 0 Å². The van der Waals surface area contributed by atoms with E-state index in [4.69, 9.17) is 9.47 Å². The largest absolute Gasteiger partial charge is 0.352 e. The van der Waals surface area contributed by atoms with Gasteiger partial charge in [0.2, 0.25) is 0 Å². The first kappa shape index (κ1) is 9.96. The van der Waals surface area contributed by atoms with Crippen LogP contribution in [0.3, 0.4) is 0 Å². The molecule has 1 atom stereocenters. The van der Waals surface area contributed by atoms with Crippen molar-refractivity contribution in [3.8, 4) is 0 Å². The van der Waals surface area contributed by atoms with Gasteiger partial charge in [-0.25, -0.2) is 0 Å². The summed E-state index contributed by atoms with van der Waals surface area (Å²) in [5.74, 6) is 0. The lowest BCUT2D eigenvalue weighted by Crippen LogP contribution is -2.11. The fourth-order valence-corrected chi connectivity index (χ4v) is 0.985. The quantitative estimate of drug-likeness (QED) is 0.509. The highest BCUT2D eigenvalue weighted by atomic mass is 16.7. The Morgan fingerprint density at radius 1 is 1.38 bits per heavy atom. The van der Waals surface area contributed by atoms with Crippen molar-refractivity contribution in [3.05, 3.63) is 48.6 Å². The fraction of sp³-hybridized carbons (Fsp3) is 0.273. The molecule has 2 heteroatoms. The minimum Gasteiger partial charge on any atom is -0.352 e. The molecule has 0 heterocycles. The maximum atomic E-state index is 5.39. The van der Waals surface area contributed by atoms with Gasteiger partial charge in [0, 0.05) is 7.11 Å². The van der Waals surface area contributed by atoms with Crippen molar-refractivity contribution in [2.45, 2.75) is 12.9 Å². The van der Waals surface area contributed by atoms with Crippen LogP contribution in [0.25, 0.3) is 0 Å². The van der Waals surface area contributed by atoms with Gasteiger partial charge in [0.25, 0.3) is 0 Å². The monoisotopic (exact) mass is 178 g/mol. The summed E-state index contributed by atoms with van der Waals surface area (Å²) in [6, 6.07) is 9.96. The average Bonchev–Trinajstić information content (AvgIpc) is 2.21. The molecule has 13 heavy (non-hydrogen) atoms. The molecule has 0 unspecified atom stereocenters. The highest BCUT2D eigenvalue weighted by molar-refractivity contribution is 5.13. The molecule has 0 spiro atoms. The summed E-state index contributed by atoms with van der Waals surface area (Å²) < 4.78 is 10.4. The maximum Gasteiger partial charge on any atom is 0.176 e. The number of hydrogen-bond acceptors (Lipinski definition) is 2. The molecule has 0 bridgehead atoms. The molecule has 0 amide bonds. The van der Waals surface area contributed by atoms with Crippen molar-refractivity contribution < 1.29 is 9.47 Å². The second-order valence-corrected chi connectivity index (χ2v) is 2.64. The van der Waals surface area contributed by atoms with E-state index in [9.17, 15) is 0 Å². The predicted octanol–water partition coefficient (Wildman–Crippen LogP) is 2.36. The third-order valence-corrected chi connectivity index (χ3v) is 1.68. The summed E-state index contributed by atoms with van der Waals surface area (Å²) in [5, 5.41) is 0. The van der Waals surface area contributed by atoms with E-state index in [1.807, 2.05) is 30.3 Å². The molecule has 1 rings (SSSR count). The number of methoxy groups -OCH3 is 1. The number of rotatable bonds is 5. The van der Waals surface area contributed by atoms with Gasteiger partial charge in [0.1, 0.15) is 0 Å². The Labute approximate surface area is 78.8 Å². The van der Waals surface area contributed by atoms with Crippen LogP contribution in [0.1, 0.15) is 5.56 Å². The van der Waals surface area contributed by atoms with E-state index in [2.05, 4.69) is 6.58 Å². The number of benzene rings is 1. The molecule has 0 aromatic heterocycles. The summed E-state index contributed by atoms with van der Waals surface area (Å²) in [6.07, 6.45) is 1.31. The van der Waals surface area contributed by atoms with E-state index >= 15 is 0 Å². The molecule has 0 saturated carbocycles. The van der Waals surface area contributed by atoms with Crippen molar-refractivity contribution >= 4 is 0 Å². The van der Waals surface area contributed by atoms with Crippen molar-refractivity contribution in [1.82, 2.24) is 0 Å². The van der Waals surface area contributed by atoms with Crippen LogP contribution in [0, 0.1) is 0 Å². The zero-order valence-corrected chi connectivity index (χ0v) is 7.77. The highest BCUT2D eigenvalue weighted by Gasteiger charge is 2.00. The van der Waals surface area contributed by atoms with E-state index in [0.29, 0.717) is 6.61 Å². The van der Waals surface area contributed by atoms with Crippen LogP contribution in [0.2, 0.25) is 0 Å². The lowest BCUT2D eigenvalue weighted by atomic mass is 10.2. The van der Waals surface area contributed by atoms with E-state index in [1.165, 1.54) is 0 Å². The van der Waals surface area contributed by atoms with Gasteiger partial charge in [-0.15, -0.1) is 0 Å². The first-order valence-corrected chi connectivity index (χ1v) is 4.17. The van der Waals surface area contributed by atoms with Crippen LogP contribution in [-0.4, -0.2) is 13.4 Å². The average molecular weight is 178 g/mol. The third kappa shape index (κ3) is 3.40. The van der Waals surface area contributed by atoms with Gasteiger partial charge in [-0.1, -0.05) is 36.9 Å². The zero-order chi connectivity index (χ0) is 9.52. The molecule has 0 aliphatic carbocycles. The molecular weight excluding hydrogens is 164 g/mol. The van der Waals surface area contributed by atoms with Crippen molar-refractivity contribution in [2.24, 2.45) is 0 Å². The molecule has 2 nitrogen and oxygen atoms in total. The summed E-state index contributed by atoms with van der Waals surface area (Å²) in [5.41, 5.74) is 1.13. The first-order valence-electron chi connectivity index (χ1n) is 4.17. The standard InChI is InChI=1S/C11H14O2/c1-3-11(12-2)13-9-10-7-5-4-6-8-10/h3-8,11H,1,9H2,2H3/t11-/m1/s1. The SMILES string of the molecule is C=C[C@H](OC)OCc1ccccc1.